The number of hydrogen-bond acceptors (Lipinski definition) is 5. The van der Waals surface area contributed by atoms with Crippen molar-refractivity contribution >= 4 is 11.7 Å². The molecule has 0 spiro atoms. The number of piperidine rings is 1. The predicted molar refractivity (Wildman–Crippen MR) is 86.1 cm³/mol. The monoisotopic (exact) mass is 300 g/mol. The maximum Gasteiger partial charge on any atom is 0.149 e. The lowest BCUT2D eigenvalue weighted by Crippen LogP contribution is -2.40. The lowest BCUT2D eigenvalue weighted by Gasteiger charge is -2.32. The molecule has 118 valence electrons. The summed E-state index contributed by atoms with van der Waals surface area (Å²) in [7, 11) is 0. The number of nitrogens with one attached hydrogen (secondary N) is 2. The molecular formula is C16H24N6. The van der Waals surface area contributed by atoms with Crippen LogP contribution in [-0.2, 0) is 0 Å². The highest BCUT2D eigenvalue weighted by molar-refractivity contribution is 6.01. The molecular weight excluding hydrogens is 276 g/mol. The molecule has 0 radical (unpaired) electrons. The van der Waals surface area contributed by atoms with E-state index in [2.05, 4.69) is 28.4 Å². The highest BCUT2D eigenvalue weighted by atomic mass is 15.5. The molecule has 2 N–H and O–H groups in total. The second-order valence-corrected chi connectivity index (χ2v) is 6.46. The van der Waals surface area contributed by atoms with E-state index >= 15 is 0 Å². The van der Waals surface area contributed by atoms with Gasteiger partial charge in [-0.1, -0.05) is 13.3 Å². The minimum absolute atomic E-state index is 0.345. The summed E-state index contributed by atoms with van der Waals surface area (Å²) < 4.78 is 0. The molecule has 0 aromatic rings. The van der Waals surface area contributed by atoms with Crippen molar-refractivity contribution in [2.24, 2.45) is 11.0 Å². The molecule has 6 nitrogen and oxygen atoms in total. The second kappa shape index (κ2) is 6.39. The Morgan fingerprint density at radius 1 is 1.27 bits per heavy atom. The van der Waals surface area contributed by atoms with E-state index in [0.717, 1.165) is 57.6 Å². The van der Waals surface area contributed by atoms with Crippen LogP contribution in [0.4, 0.5) is 0 Å². The molecule has 0 unspecified atom stereocenters. The van der Waals surface area contributed by atoms with Gasteiger partial charge in [-0.2, -0.15) is 10.4 Å². The third-order valence-electron chi connectivity index (χ3n) is 4.84. The van der Waals surface area contributed by atoms with Crippen LogP contribution in [0.3, 0.4) is 0 Å². The standard InChI is InChI=1S/C16H24N6/c1-12-6-9-21(10-7-12)15(18)13(11-17)16-20-19-14-5-3-2-4-8-22(14)16/h12,18,20H,2-10H2,1H3/b16-13+,18-15?. The summed E-state index contributed by atoms with van der Waals surface area (Å²) in [5.41, 5.74) is 3.44. The van der Waals surface area contributed by atoms with Gasteiger partial charge in [0, 0.05) is 26.1 Å². The van der Waals surface area contributed by atoms with Gasteiger partial charge in [-0.05, 0) is 31.6 Å². The molecule has 6 heteroatoms. The van der Waals surface area contributed by atoms with E-state index in [-0.39, 0.29) is 0 Å². The first-order valence-electron chi connectivity index (χ1n) is 8.29. The smallest absolute Gasteiger partial charge is 0.149 e. The fourth-order valence-corrected chi connectivity index (χ4v) is 3.33. The van der Waals surface area contributed by atoms with E-state index < -0.39 is 0 Å². The molecule has 0 amide bonds. The van der Waals surface area contributed by atoms with Gasteiger partial charge < -0.3 is 9.80 Å². The summed E-state index contributed by atoms with van der Waals surface area (Å²) in [6, 6.07) is 2.24. The maximum absolute atomic E-state index is 9.61. The molecule has 3 aliphatic rings. The third-order valence-corrected chi connectivity index (χ3v) is 4.84. The van der Waals surface area contributed by atoms with Crippen molar-refractivity contribution in [1.29, 1.82) is 10.7 Å². The van der Waals surface area contributed by atoms with Crippen LogP contribution in [0.25, 0.3) is 0 Å². The number of nitriles is 1. The quantitative estimate of drug-likeness (QED) is 0.442. The van der Waals surface area contributed by atoms with E-state index in [1.807, 2.05) is 4.90 Å². The molecule has 3 aliphatic heterocycles. The van der Waals surface area contributed by atoms with Crippen molar-refractivity contribution in [2.75, 3.05) is 19.6 Å². The molecule has 3 rings (SSSR count). The Labute approximate surface area is 132 Å². The van der Waals surface area contributed by atoms with Crippen LogP contribution in [0.1, 0.15) is 45.4 Å². The number of hydrogen-bond donors (Lipinski definition) is 2. The van der Waals surface area contributed by atoms with Gasteiger partial charge in [-0.3, -0.25) is 10.8 Å². The van der Waals surface area contributed by atoms with Gasteiger partial charge in [0.1, 0.15) is 29.1 Å². The first-order chi connectivity index (χ1) is 10.7. The average Bonchev–Trinajstić information content (AvgIpc) is 2.78. The number of nitrogens with zero attached hydrogens (tertiary/aromatic N) is 4. The van der Waals surface area contributed by atoms with Crippen LogP contribution >= 0.6 is 0 Å². The Hall–Kier alpha value is -2.03. The number of hydrazone groups is 1. The van der Waals surface area contributed by atoms with Crippen molar-refractivity contribution in [3.05, 3.63) is 11.4 Å². The molecule has 2 fully saturated rings. The van der Waals surface area contributed by atoms with Crippen LogP contribution in [0, 0.1) is 22.7 Å². The van der Waals surface area contributed by atoms with Crippen molar-refractivity contribution in [3.63, 3.8) is 0 Å². The van der Waals surface area contributed by atoms with Crippen molar-refractivity contribution < 1.29 is 0 Å². The summed E-state index contributed by atoms with van der Waals surface area (Å²) in [5, 5.41) is 22.4. The van der Waals surface area contributed by atoms with Crippen LogP contribution < -0.4 is 5.43 Å². The average molecular weight is 300 g/mol. The normalized spacial score (nSPS) is 24.8. The molecule has 2 saturated heterocycles. The van der Waals surface area contributed by atoms with Crippen LogP contribution in [0.15, 0.2) is 16.5 Å². The Morgan fingerprint density at radius 2 is 2.05 bits per heavy atom. The number of fused-ring (bicyclic) bond motifs is 1. The Kier molecular flexibility index (Phi) is 4.32. The van der Waals surface area contributed by atoms with Gasteiger partial charge in [0.05, 0.1) is 0 Å². The van der Waals surface area contributed by atoms with E-state index in [0.29, 0.717) is 23.1 Å². The van der Waals surface area contributed by atoms with Gasteiger partial charge in [0.15, 0.2) is 0 Å². The Bertz CT molecular complexity index is 547. The van der Waals surface area contributed by atoms with Crippen LogP contribution in [-0.4, -0.2) is 41.1 Å². The molecule has 3 heterocycles. The van der Waals surface area contributed by atoms with Crippen molar-refractivity contribution in [2.45, 2.75) is 45.4 Å². The van der Waals surface area contributed by atoms with Crippen LogP contribution in [0.5, 0.6) is 0 Å². The van der Waals surface area contributed by atoms with Gasteiger partial charge in [-0.25, -0.2) is 0 Å². The van der Waals surface area contributed by atoms with Gasteiger partial charge in [0.2, 0.25) is 0 Å². The minimum atomic E-state index is 0.345. The Morgan fingerprint density at radius 3 is 2.77 bits per heavy atom. The number of amidine groups is 2. The molecule has 0 atom stereocenters. The molecule has 0 aromatic heterocycles. The minimum Gasteiger partial charge on any atom is -0.356 e. The van der Waals surface area contributed by atoms with Gasteiger partial charge in [-0.15, -0.1) is 0 Å². The van der Waals surface area contributed by atoms with Gasteiger partial charge in [0.25, 0.3) is 0 Å². The highest BCUT2D eigenvalue weighted by Gasteiger charge is 2.30. The fraction of sp³-hybridized carbons (Fsp3) is 0.688. The lowest BCUT2D eigenvalue weighted by atomic mass is 9.98. The lowest BCUT2D eigenvalue weighted by molar-refractivity contribution is 0.279. The van der Waals surface area contributed by atoms with E-state index in [1.165, 1.54) is 6.42 Å². The number of rotatable bonds is 1. The molecule has 0 aliphatic carbocycles. The first-order valence-corrected chi connectivity index (χ1v) is 8.29. The zero-order valence-electron chi connectivity index (χ0n) is 13.2. The van der Waals surface area contributed by atoms with Crippen LogP contribution in [0.2, 0.25) is 0 Å². The topological polar surface area (TPSA) is 78.5 Å². The summed E-state index contributed by atoms with van der Waals surface area (Å²) >= 11 is 0. The summed E-state index contributed by atoms with van der Waals surface area (Å²) in [5.74, 6) is 2.79. The predicted octanol–water partition coefficient (Wildman–Crippen LogP) is 2.22. The largest absolute Gasteiger partial charge is 0.356 e. The first kappa shape index (κ1) is 14.9. The Balaban J connectivity index is 1.81. The van der Waals surface area contributed by atoms with Gasteiger partial charge >= 0.3 is 0 Å². The molecule has 0 saturated carbocycles. The fourth-order valence-electron chi connectivity index (χ4n) is 3.33. The maximum atomic E-state index is 9.61. The zero-order chi connectivity index (χ0) is 15.5. The van der Waals surface area contributed by atoms with E-state index in [4.69, 9.17) is 5.41 Å². The zero-order valence-corrected chi connectivity index (χ0v) is 13.2. The summed E-state index contributed by atoms with van der Waals surface area (Å²) in [4.78, 5) is 4.13. The van der Waals surface area contributed by atoms with Crippen molar-refractivity contribution in [1.82, 2.24) is 15.2 Å². The van der Waals surface area contributed by atoms with Crippen molar-refractivity contribution in [3.8, 4) is 6.07 Å². The third kappa shape index (κ3) is 2.80. The summed E-state index contributed by atoms with van der Waals surface area (Å²) in [6.45, 7) is 4.87. The molecule has 22 heavy (non-hydrogen) atoms. The SMILES string of the molecule is CC1CCN(C(=N)/C(C#N)=C2\NN=C3CCCCCN32)CC1. The molecule has 0 bridgehead atoms. The van der Waals surface area contributed by atoms with E-state index in [1.54, 1.807) is 0 Å². The number of likely N-dealkylation sites (tertiary alicyclic amines) is 1. The summed E-state index contributed by atoms with van der Waals surface area (Å²) in [6.07, 6.45) is 6.59. The highest BCUT2D eigenvalue weighted by Crippen LogP contribution is 2.24. The molecule has 0 aromatic carbocycles. The van der Waals surface area contributed by atoms with E-state index in [9.17, 15) is 5.26 Å². The second-order valence-electron chi connectivity index (χ2n) is 6.46.